The number of amides is 2. The second-order valence-corrected chi connectivity index (χ2v) is 9.28. The fourth-order valence-electron chi connectivity index (χ4n) is 3.74. The first-order valence-electron chi connectivity index (χ1n) is 11.2. The van der Waals surface area contributed by atoms with Crippen molar-refractivity contribution in [1.82, 2.24) is 10.6 Å². The molecule has 12 nitrogen and oxygen atoms in total. The zero-order valence-corrected chi connectivity index (χ0v) is 20.6. The summed E-state index contributed by atoms with van der Waals surface area (Å²) in [6.45, 7) is 0.333. The number of aliphatic carboxylic acids is 1. The Hall–Kier alpha value is -3.65. The molecule has 0 fully saturated rings. The number of nitrogens with two attached hydrogens (primary N) is 1. The molecule has 3 rings (SSSR count). The van der Waals surface area contributed by atoms with Gasteiger partial charge in [-0.25, -0.2) is 9.79 Å². The summed E-state index contributed by atoms with van der Waals surface area (Å²) in [4.78, 5) is 40.8. The molecule has 0 unspecified atom stereocenters. The first kappa shape index (κ1) is 27.9. The number of fused-ring (bicyclic) bond motifs is 1. The van der Waals surface area contributed by atoms with E-state index < -0.39 is 60.5 Å². The molecule has 0 aliphatic carbocycles. The van der Waals surface area contributed by atoms with E-state index in [0.29, 0.717) is 0 Å². The highest BCUT2D eigenvalue weighted by Crippen LogP contribution is 2.25. The summed E-state index contributed by atoms with van der Waals surface area (Å²) in [5, 5.41) is 45.9. The Morgan fingerprint density at radius 3 is 2.51 bits per heavy atom. The van der Waals surface area contributed by atoms with Crippen LogP contribution in [0.5, 0.6) is 0 Å². The summed E-state index contributed by atoms with van der Waals surface area (Å²) in [6.07, 6.45) is -3.91. The number of carbonyl (C=O) groups is 3. The van der Waals surface area contributed by atoms with Gasteiger partial charge in [-0.2, -0.15) is 0 Å². The zero-order valence-electron chi connectivity index (χ0n) is 19.8. The number of aliphatic imine (C=N–C) groups is 1. The highest BCUT2D eigenvalue weighted by molar-refractivity contribution is 8.00. The minimum absolute atomic E-state index is 0.0116. The first-order chi connectivity index (χ1) is 17.6. The maximum absolute atomic E-state index is 12.5. The monoisotopic (exact) mass is 532 g/mol. The minimum Gasteiger partial charge on any atom is -0.478 e. The minimum atomic E-state index is -1.78. The Kier molecular flexibility index (Phi) is 9.47. The van der Waals surface area contributed by atoms with Crippen LogP contribution >= 0.6 is 11.8 Å². The Labute approximate surface area is 216 Å². The van der Waals surface area contributed by atoms with Crippen molar-refractivity contribution >= 4 is 46.3 Å². The maximum Gasteiger partial charge on any atom is 0.370 e. The van der Waals surface area contributed by atoms with E-state index >= 15 is 0 Å². The zero-order chi connectivity index (χ0) is 27.1. The van der Waals surface area contributed by atoms with E-state index in [2.05, 4.69) is 15.6 Å². The van der Waals surface area contributed by atoms with Gasteiger partial charge < -0.3 is 36.2 Å². The van der Waals surface area contributed by atoms with Crippen molar-refractivity contribution in [2.75, 3.05) is 12.4 Å². The number of nitrogens with zero attached hydrogens (tertiary/aromatic N) is 1. The van der Waals surface area contributed by atoms with Gasteiger partial charge in [0.15, 0.2) is 5.96 Å². The van der Waals surface area contributed by atoms with E-state index in [-0.39, 0.29) is 11.7 Å². The van der Waals surface area contributed by atoms with Crippen molar-refractivity contribution in [3.63, 3.8) is 0 Å². The standard InChI is InChI=1S/C24H28N4O8S/c1-12(30)26-20-16(9-18(23(34)35)36-22(20)21(33)17(31)10-29)27-24(25)28-19(32)11-37-15-7-6-13-4-2-3-5-14(13)8-15/h2-9,16-17,20-22,29,31,33H,10-11H2,1H3,(H,26,30)(H,34,35)(H3,25,27,28,32)/t16-,17+,20+,21+,22+/m0/s1. The lowest BCUT2D eigenvalue weighted by Crippen LogP contribution is -2.60. The number of nitrogens with one attached hydrogen (secondary N) is 2. The Morgan fingerprint density at radius 1 is 1.16 bits per heavy atom. The number of benzene rings is 2. The Balaban J connectivity index is 1.75. The van der Waals surface area contributed by atoms with Crippen molar-refractivity contribution in [3.8, 4) is 0 Å². The molecule has 0 saturated carbocycles. The van der Waals surface area contributed by atoms with Crippen LogP contribution in [0.2, 0.25) is 0 Å². The average Bonchev–Trinajstić information content (AvgIpc) is 2.86. The molecular weight excluding hydrogens is 504 g/mol. The van der Waals surface area contributed by atoms with E-state index in [0.717, 1.165) is 21.7 Å². The molecule has 13 heteroatoms. The number of hydrogen-bond acceptors (Lipinski definition) is 9. The van der Waals surface area contributed by atoms with Gasteiger partial charge in [0.2, 0.25) is 17.6 Å². The largest absolute Gasteiger partial charge is 0.478 e. The lowest BCUT2D eigenvalue weighted by atomic mass is 9.92. The summed E-state index contributed by atoms with van der Waals surface area (Å²) < 4.78 is 5.28. The third-order valence-electron chi connectivity index (χ3n) is 5.45. The lowest BCUT2D eigenvalue weighted by molar-refractivity contribution is -0.145. The smallest absolute Gasteiger partial charge is 0.370 e. The summed E-state index contributed by atoms with van der Waals surface area (Å²) in [5.41, 5.74) is 5.90. The van der Waals surface area contributed by atoms with Gasteiger partial charge in [-0.1, -0.05) is 30.3 Å². The van der Waals surface area contributed by atoms with Gasteiger partial charge >= 0.3 is 5.97 Å². The predicted molar refractivity (Wildman–Crippen MR) is 136 cm³/mol. The van der Waals surface area contributed by atoms with Crippen LogP contribution in [0.1, 0.15) is 6.92 Å². The molecule has 1 aliphatic heterocycles. The number of thioether (sulfide) groups is 1. The lowest BCUT2D eigenvalue weighted by Gasteiger charge is -2.38. The number of carboxylic acid groups (broad SMARTS) is 1. The quantitative estimate of drug-likeness (QED) is 0.123. The van der Waals surface area contributed by atoms with E-state index in [1.165, 1.54) is 18.7 Å². The fourth-order valence-corrected chi connectivity index (χ4v) is 4.49. The van der Waals surface area contributed by atoms with Crippen LogP contribution in [0.3, 0.4) is 0 Å². The van der Waals surface area contributed by atoms with Gasteiger partial charge in [-0.15, -0.1) is 11.8 Å². The van der Waals surface area contributed by atoms with Crippen LogP contribution in [-0.2, 0) is 19.1 Å². The molecule has 0 saturated heterocycles. The van der Waals surface area contributed by atoms with Crippen LogP contribution in [0.25, 0.3) is 10.8 Å². The van der Waals surface area contributed by atoms with Gasteiger partial charge in [-0.05, 0) is 29.0 Å². The average molecular weight is 533 g/mol. The SMILES string of the molecule is CC(=O)N[C@H]1[C@H]([C@H](O)[C@H](O)CO)OC(C(=O)O)=C[C@@H]1N=C(N)NC(=O)CSc1ccc2ccccc2c1. The summed E-state index contributed by atoms with van der Waals surface area (Å²) in [5.74, 6) is -3.49. The van der Waals surface area contributed by atoms with Crippen molar-refractivity contribution in [1.29, 1.82) is 0 Å². The van der Waals surface area contributed by atoms with Gasteiger partial charge in [0, 0.05) is 11.8 Å². The Bertz CT molecular complexity index is 1220. The summed E-state index contributed by atoms with van der Waals surface area (Å²) in [6, 6.07) is 11.2. The van der Waals surface area contributed by atoms with Gasteiger partial charge in [-0.3, -0.25) is 14.9 Å². The molecule has 0 spiro atoms. The van der Waals surface area contributed by atoms with Crippen molar-refractivity contribution in [2.24, 2.45) is 10.7 Å². The summed E-state index contributed by atoms with van der Waals surface area (Å²) in [7, 11) is 0. The van der Waals surface area contributed by atoms with E-state index in [4.69, 9.17) is 10.5 Å². The maximum atomic E-state index is 12.5. The van der Waals surface area contributed by atoms with Crippen molar-refractivity contribution in [2.45, 2.75) is 42.2 Å². The highest BCUT2D eigenvalue weighted by atomic mass is 32.2. The molecule has 0 radical (unpaired) electrons. The molecule has 2 aromatic rings. The molecule has 0 aromatic heterocycles. The normalized spacial score (nSPS) is 21.4. The number of aliphatic hydroxyl groups excluding tert-OH is 3. The van der Waals surface area contributed by atoms with E-state index in [9.17, 15) is 34.8 Å². The van der Waals surface area contributed by atoms with Crippen LogP contribution in [0.15, 0.2) is 64.2 Å². The number of ether oxygens (including phenoxy) is 1. The third-order valence-corrected chi connectivity index (χ3v) is 6.45. The van der Waals surface area contributed by atoms with Gasteiger partial charge in [0.05, 0.1) is 24.4 Å². The first-order valence-corrected chi connectivity index (χ1v) is 12.2. The topological polar surface area (TPSA) is 204 Å². The number of hydrogen-bond donors (Lipinski definition) is 7. The number of rotatable bonds is 9. The molecule has 198 valence electrons. The van der Waals surface area contributed by atoms with Crippen LogP contribution < -0.4 is 16.4 Å². The van der Waals surface area contributed by atoms with Gasteiger partial charge in [0.1, 0.15) is 18.3 Å². The molecule has 1 aliphatic rings. The number of guanidine groups is 1. The van der Waals surface area contributed by atoms with E-state index in [1.807, 2.05) is 42.5 Å². The second kappa shape index (κ2) is 12.5. The number of aliphatic hydroxyl groups is 3. The summed E-state index contributed by atoms with van der Waals surface area (Å²) >= 11 is 1.28. The molecule has 2 amide bonds. The van der Waals surface area contributed by atoms with Crippen LogP contribution in [-0.4, -0.2) is 86.9 Å². The molecule has 37 heavy (non-hydrogen) atoms. The van der Waals surface area contributed by atoms with Crippen molar-refractivity contribution < 1.29 is 39.5 Å². The van der Waals surface area contributed by atoms with Crippen LogP contribution in [0, 0.1) is 0 Å². The number of carbonyl (C=O) groups excluding carboxylic acids is 2. The molecule has 2 aromatic carbocycles. The molecule has 8 N–H and O–H groups in total. The Morgan fingerprint density at radius 2 is 1.86 bits per heavy atom. The molecule has 5 atom stereocenters. The van der Waals surface area contributed by atoms with Crippen LogP contribution in [0.4, 0.5) is 0 Å². The predicted octanol–water partition coefficient (Wildman–Crippen LogP) is -0.682. The second-order valence-electron chi connectivity index (χ2n) is 8.24. The van der Waals surface area contributed by atoms with Crippen molar-refractivity contribution in [3.05, 3.63) is 54.3 Å². The van der Waals surface area contributed by atoms with E-state index in [1.54, 1.807) is 0 Å². The third kappa shape index (κ3) is 7.43. The van der Waals surface area contributed by atoms with Gasteiger partial charge in [0.25, 0.3) is 0 Å². The highest BCUT2D eigenvalue weighted by Gasteiger charge is 2.43. The number of carboxylic acids is 1. The fraction of sp³-hybridized carbons (Fsp3) is 0.333. The molecule has 0 bridgehead atoms. The molecule has 1 heterocycles. The molecular formula is C24H28N4O8S.